The molecule has 3 heterocycles. The molecular formula is C21H25N3O6S. The lowest BCUT2D eigenvalue weighted by molar-refractivity contribution is -0.136. The predicted molar refractivity (Wildman–Crippen MR) is 113 cm³/mol. The third kappa shape index (κ3) is 6.24. The number of hydrogen-bond donors (Lipinski definition) is 0. The third-order valence-corrected chi connectivity index (χ3v) is 6.64. The van der Waals surface area contributed by atoms with Gasteiger partial charge in [-0.2, -0.15) is 0 Å². The fourth-order valence-electron chi connectivity index (χ4n) is 3.30. The molecule has 1 aliphatic heterocycles. The van der Waals surface area contributed by atoms with Crippen LogP contribution in [0.15, 0.2) is 42.9 Å². The zero-order chi connectivity index (χ0) is 22.3. The van der Waals surface area contributed by atoms with E-state index in [0.29, 0.717) is 18.7 Å². The first-order chi connectivity index (χ1) is 14.9. The van der Waals surface area contributed by atoms with Crippen molar-refractivity contribution in [1.82, 2.24) is 14.9 Å². The van der Waals surface area contributed by atoms with Gasteiger partial charge < -0.3 is 14.4 Å². The van der Waals surface area contributed by atoms with E-state index in [1.54, 1.807) is 24.4 Å². The lowest BCUT2D eigenvalue weighted by atomic mass is 10.2. The van der Waals surface area contributed by atoms with E-state index >= 15 is 0 Å². The number of aromatic nitrogens is 2. The minimum absolute atomic E-state index is 0.0395. The van der Waals surface area contributed by atoms with E-state index in [9.17, 15) is 18.0 Å². The van der Waals surface area contributed by atoms with Gasteiger partial charge in [0.1, 0.15) is 11.3 Å². The molecule has 2 aromatic rings. The third-order valence-electron chi connectivity index (χ3n) is 4.89. The van der Waals surface area contributed by atoms with Crippen LogP contribution in [-0.2, 0) is 19.4 Å². The maximum absolute atomic E-state index is 12.8. The Morgan fingerprint density at radius 1 is 1.23 bits per heavy atom. The molecule has 1 saturated heterocycles. The number of ether oxygens (including phenoxy) is 2. The Hall–Kier alpha value is -3.01. The smallest absolute Gasteiger partial charge is 0.344 e. The molecule has 0 aromatic carbocycles. The molecule has 9 nitrogen and oxygen atoms in total. The van der Waals surface area contributed by atoms with Crippen molar-refractivity contribution >= 4 is 21.7 Å². The van der Waals surface area contributed by atoms with Crippen molar-refractivity contribution in [2.45, 2.75) is 32.2 Å². The molecule has 0 N–H and O–H groups in total. The zero-order valence-electron chi connectivity index (χ0n) is 17.3. The minimum atomic E-state index is -3.14. The molecule has 2 aromatic heterocycles. The average molecular weight is 448 g/mol. The molecule has 166 valence electrons. The Morgan fingerprint density at radius 2 is 2.03 bits per heavy atom. The largest absolute Gasteiger partial charge is 0.452 e. The topological polar surface area (TPSA) is 116 Å². The van der Waals surface area contributed by atoms with Gasteiger partial charge in [-0.05, 0) is 37.1 Å². The second-order valence-electron chi connectivity index (χ2n) is 7.22. The highest BCUT2D eigenvalue weighted by atomic mass is 32.2. The van der Waals surface area contributed by atoms with Crippen LogP contribution in [0.1, 0.15) is 36.5 Å². The highest BCUT2D eigenvalue weighted by molar-refractivity contribution is 7.91. The average Bonchev–Trinajstić information content (AvgIpc) is 3.12. The van der Waals surface area contributed by atoms with Crippen molar-refractivity contribution in [3.05, 3.63) is 48.4 Å². The summed E-state index contributed by atoms with van der Waals surface area (Å²) in [5.41, 5.74) is 0.0719. The van der Waals surface area contributed by atoms with Crippen LogP contribution in [0.25, 0.3) is 0 Å². The number of rotatable bonds is 9. The Bertz CT molecular complexity index is 1010. The molecule has 3 rings (SSSR count). The number of esters is 1. The van der Waals surface area contributed by atoms with Crippen LogP contribution in [0.5, 0.6) is 11.6 Å². The number of carbonyl (C=O) groups excluding carboxylic acids is 2. The summed E-state index contributed by atoms with van der Waals surface area (Å²) in [5, 5.41) is 0. The van der Waals surface area contributed by atoms with Crippen LogP contribution < -0.4 is 4.74 Å². The molecule has 1 fully saturated rings. The molecule has 1 aliphatic rings. The van der Waals surface area contributed by atoms with Crippen LogP contribution in [0.3, 0.4) is 0 Å². The molecule has 0 saturated carbocycles. The summed E-state index contributed by atoms with van der Waals surface area (Å²) >= 11 is 0. The van der Waals surface area contributed by atoms with Crippen molar-refractivity contribution in [3.63, 3.8) is 0 Å². The van der Waals surface area contributed by atoms with Crippen molar-refractivity contribution in [2.75, 3.05) is 24.7 Å². The second-order valence-corrected chi connectivity index (χ2v) is 9.45. The van der Waals surface area contributed by atoms with E-state index in [-0.39, 0.29) is 29.0 Å². The maximum Gasteiger partial charge on any atom is 0.344 e. The first-order valence-electron chi connectivity index (χ1n) is 10.1. The lowest BCUT2D eigenvalue weighted by Crippen LogP contribution is -2.43. The van der Waals surface area contributed by atoms with Gasteiger partial charge in [0.25, 0.3) is 5.91 Å². The molecule has 10 heteroatoms. The normalized spacial score (nSPS) is 17.1. The van der Waals surface area contributed by atoms with Gasteiger partial charge in [-0.15, -0.1) is 0 Å². The minimum Gasteiger partial charge on any atom is -0.452 e. The number of sulfone groups is 1. The molecule has 0 radical (unpaired) electrons. The van der Waals surface area contributed by atoms with Crippen LogP contribution >= 0.6 is 0 Å². The van der Waals surface area contributed by atoms with Gasteiger partial charge in [-0.3, -0.25) is 9.78 Å². The van der Waals surface area contributed by atoms with Crippen LogP contribution in [0.2, 0.25) is 0 Å². The number of hydrogen-bond acceptors (Lipinski definition) is 8. The van der Waals surface area contributed by atoms with Crippen molar-refractivity contribution in [2.24, 2.45) is 0 Å². The van der Waals surface area contributed by atoms with E-state index < -0.39 is 28.3 Å². The molecule has 0 spiro atoms. The molecular weight excluding hydrogens is 422 g/mol. The number of unbranched alkanes of at least 4 members (excludes halogenated alkanes) is 1. The van der Waals surface area contributed by atoms with Gasteiger partial charge in [-0.25, -0.2) is 18.2 Å². The molecule has 31 heavy (non-hydrogen) atoms. The monoisotopic (exact) mass is 447 g/mol. The predicted octanol–water partition coefficient (Wildman–Crippen LogP) is 2.24. The summed E-state index contributed by atoms with van der Waals surface area (Å²) in [7, 11) is -3.14. The molecule has 1 amide bonds. The maximum atomic E-state index is 12.8. The number of pyridine rings is 2. The molecule has 0 aliphatic carbocycles. The van der Waals surface area contributed by atoms with Crippen molar-refractivity contribution in [1.29, 1.82) is 0 Å². The summed E-state index contributed by atoms with van der Waals surface area (Å²) in [4.78, 5) is 34.9. The Kier molecular flexibility index (Phi) is 7.56. The Labute approximate surface area is 181 Å². The number of amides is 1. The van der Waals surface area contributed by atoms with Crippen LogP contribution in [-0.4, -0.2) is 65.9 Å². The lowest BCUT2D eigenvalue weighted by Gasteiger charge is -2.28. The fourth-order valence-corrected chi connectivity index (χ4v) is 5.03. The SMILES string of the molecule is CCCCN(C(=O)COC(=O)c1cccnc1Oc1cccnc1)C1CCS(=O)(=O)C1. The first kappa shape index (κ1) is 22.7. The Morgan fingerprint density at radius 3 is 2.71 bits per heavy atom. The van der Waals surface area contributed by atoms with Crippen molar-refractivity contribution in [3.8, 4) is 11.6 Å². The standard InChI is InChI=1S/C21H25N3O6S/c1-2-3-11-24(16-8-12-31(27,28)15-16)19(25)14-29-21(26)18-7-5-10-23-20(18)30-17-6-4-9-22-13-17/h4-7,9-10,13,16H,2-3,8,11-12,14-15H2,1H3. The van der Waals surface area contributed by atoms with Gasteiger partial charge in [0, 0.05) is 25.0 Å². The summed E-state index contributed by atoms with van der Waals surface area (Å²) < 4.78 is 34.5. The van der Waals surface area contributed by atoms with Gasteiger partial charge in [0.15, 0.2) is 16.4 Å². The summed E-state index contributed by atoms with van der Waals surface area (Å²) in [5.74, 6) is -0.713. The molecule has 0 bridgehead atoms. The second kappa shape index (κ2) is 10.3. The number of carbonyl (C=O) groups is 2. The zero-order valence-corrected chi connectivity index (χ0v) is 18.1. The number of nitrogens with zero attached hydrogens (tertiary/aromatic N) is 3. The van der Waals surface area contributed by atoms with Crippen LogP contribution in [0, 0.1) is 0 Å². The summed E-state index contributed by atoms with van der Waals surface area (Å²) in [6.07, 6.45) is 6.54. The molecule has 1 unspecified atom stereocenters. The fraction of sp³-hybridized carbons (Fsp3) is 0.429. The summed E-state index contributed by atoms with van der Waals surface area (Å²) in [6.45, 7) is 1.93. The van der Waals surface area contributed by atoms with Gasteiger partial charge in [0.2, 0.25) is 5.88 Å². The summed E-state index contributed by atoms with van der Waals surface area (Å²) in [6, 6.07) is 6.02. The quantitative estimate of drug-likeness (QED) is 0.538. The Balaban J connectivity index is 1.65. The van der Waals surface area contributed by atoms with Crippen molar-refractivity contribution < 1.29 is 27.5 Å². The van der Waals surface area contributed by atoms with Gasteiger partial charge in [-0.1, -0.05) is 13.3 Å². The molecule has 1 atom stereocenters. The van der Waals surface area contributed by atoms with Gasteiger partial charge in [0.05, 0.1) is 17.7 Å². The highest BCUT2D eigenvalue weighted by Crippen LogP contribution is 2.23. The van der Waals surface area contributed by atoms with E-state index in [1.165, 1.54) is 23.4 Å². The van der Waals surface area contributed by atoms with E-state index in [2.05, 4.69) is 9.97 Å². The first-order valence-corrected chi connectivity index (χ1v) is 11.9. The van der Waals surface area contributed by atoms with E-state index in [0.717, 1.165) is 12.8 Å². The van der Waals surface area contributed by atoms with E-state index in [1.807, 2.05) is 6.92 Å². The van der Waals surface area contributed by atoms with Crippen LogP contribution in [0.4, 0.5) is 0 Å². The van der Waals surface area contributed by atoms with E-state index in [4.69, 9.17) is 9.47 Å². The highest BCUT2D eigenvalue weighted by Gasteiger charge is 2.34. The van der Waals surface area contributed by atoms with Gasteiger partial charge >= 0.3 is 5.97 Å².